The monoisotopic (exact) mass is 219 g/mol. The highest BCUT2D eigenvalue weighted by Crippen LogP contribution is 2.33. The Morgan fingerprint density at radius 2 is 1.93 bits per heavy atom. The molecule has 15 heavy (non-hydrogen) atoms. The van der Waals surface area contributed by atoms with Gasteiger partial charge in [0, 0.05) is 11.0 Å². The van der Waals surface area contributed by atoms with Gasteiger partial charge in [0.2, 0.25) is 0 Å². The van der Waals surface area contributed by atoms with Crippen LogP contribution in [0.1, 0.15) is 18.4 Å². The lowest BCUT2D eigenvalue weighted by Crippen LogP contribution is -2.33. The first kappa shape index (κ1) is 10.5. The van der Waals surface area contributed by atoms with Crippen molar-refractivity contribution in [2.24, 2.45) is 5.73 Å². The van der Waals surface area contributed by atoms with Gasteiger partial charge in [0.05, 0.1) is 5.54 Å². The van der Waals surface area contributed by atoms with E-state index in [0.717, 1.165) is 5.03 Å². The Labute approximate surface area is 95.2 Å². The van der Waals surface area contributed by atoms with E-state index in [-0.39, 0.29) is 5.92 Å². The summed E-state index contributed by atoms with van der Waals surface area (Å²) >= 11 is 6.23. The van der Waals surface area contributed by atoms with Crippen LogP contribution in [0.3, 0.4) is 0 Å². The van der Waals surface area contributed by atoms with Crippen LogP contribution in [0, 0.1) is 0 Å². The van der Waals surface area contributed by atoms with E-state index in [1.54, 1.807) is 0 Å². The van der Waals surface area contributed by atoms with Crippen molar-refractivity contribution in [2.45, 2.75) is 18.4 Å². The summed E-state index contributed by atoms with van der Waals surface area (Å²) in [5.74, 6) is 0.157. The molecule has 0 radical (unpaired) electrons. The molecule has 2 N–H and O–H groups in total. The molecule has 0 fully saturated rings. The molecule has 2 unspecified atom stereocenters. The minimum atomic E-state index is -0.414. The second-order valence-electron chi connectivity index (χ2n) is 4.14. The first-order chi connectivity index (χ1) is 7.08. The molecule has 1 aliphatic rings. The van der Waals surface area contributed by atoms with Gasteiger partial charge in [-0.15, -0.1) is 0 Å². The smallest absolute Gasteiger partial charge is 0.0511 e. The Balaban J connectivity index is 2.32. The molecule has 0 saturated carbocycles. The largest absolute Gasteiger partial charge is 0.319 e. The maximum Gasteiger partial charge on any atom is 0.0511 e. The lowest BCUT2D eigenvalue weighted by molar-refractivity contribution is 0.708. The summed E-state index contributed by atoms with van der Waals surface area (Å²) in [5, 5.41) is 0.800. The standard InChI is InChI=1S/C13H14ClN/c1-13(15)8-7-11(12(14)9-13)10-5-3-2-4-6-10/h2-9,11H,15H2,1H3. The van der Waals surface area contributed by atoms with Crippen molar-refractivity contribution >= 4 is 11.6 Å². The molecule has 1 aromatic rings. The molecule has 1 aliphatic carbocycles. The molecule has 78 valence electrons. The molecule has 2 atom stereocenters. The number of allylic oxidation sites excluding steroid dienone is 2. The van der Waals surface area contributed by atoms with Crippen LogP contribution in [-0.4, -0.2) is 5.54 Å². The van der Waals surface area contributed by atoms with Gasteiger partial charge in [-0.25, -0.2) is 0 Å². The normalized spacial score (nSPS) is 30.1. The highest BCUT2D eigenvalue weighted by molar-refractivity contribution is 6.30. The third-order valence-corrected chi connectivity index (χ3v) is 2.90. The highest BCUT2D eigenvalue weighted by atomic mass is 35.5. The van der Waals surface area contributed by atoms with E-state index in [1.165, 1.54) is 5.56 Å². The van der Waals surface area contributed by atoms with Crippen molar-refractivity contribution in [2.75, 3.05) is 0 Å². The van der Waals surface area contributed by atoms with E-state index in [0.29, 0.717) is 0 Å². The fourth-order valence-electron chi connectivity index (χ4n) is 1.76. The molecule has 0 aromatic heterocycles. The molecule has 0 bridgehead atoms. The number of hydrogen-bond acceptors (Lipinski definition) is 1. The van der Waals surface area contributed by atoms with Gasteiger partial charge in [0.1, 0.15) is 0 Å². The van der Waals surface area contributed by atoms with E-state index in [1.807, 2.05) is 37.3 Å². The summed E-state index contributed by atoms with van der Waals surface area (Å²) in [6.45, 7) is 1.94. The van der Waals surface area contributed by atoms with Crippen molar-refractivity contribution in [1.29, 1.82) is 0 Å². The molecule has 0 saturated heterocycles. The summed E-state index contributed by atoms with van der Waals surface area (Å²) in [4.78, 5) is 0. The Hall–Kier alpha value is -1.05. The second kappa shape index (κ2) is 3.84. The molecule has 0 amide bonds. The minimum Gasteiger partial charge on any atom is -0.319 e. The molecule has 2 heteroatoms. The van der Waals surface area contributed by atoms with E-state index < -0.39 is 5.54 Å². The molecule has 0 aliphatic heterocycles. The summed E-state index contributed by atoms with van der Waals surface area (Å²) in [5.41, 5.74) is 6.75. The predicted octanol–water partition coefficient (Wildman–Crippen LogP) is 3.18. The van der Waals surface area contributed by atoms with Gasteiger partial charge < -0.3 is 5.73 Å². The van der Waals surface area contributed by atoms with Crippen LogP contribution in [0.4, 0.5) is 0 Å². The van der Waals surface area contributed by atoms with E-state index >= 15 is 0 Å². The van der Waals surface area contributed by atoms with Gasteiger partial charge in [-0.3, -0.25) is 0 Å². The van der Waals surface area contributed by atoms with Gasteiger partial charge >= 0.3 is 0 Å². The van der Waals surface area contributed by atoms with Crippen LogP contribution in [0.2, 0.25) is 0 Å². The molecule has 2 rings (SSSR count). The summed E-state index contributed by atoms with van der Waals surface area (Å²) in [6.07, 6.45) is 5.97. The van der Waals surface area contributed by atoms with Crippen LogP contribution >= 0.6 is 11.6 Å². The van der Waals surface area contributed by atoms with Gasteiger partial charge in [-0.1, -0.05) is 54.1 Å². The summed E-state index contributed by atoms with van der Waals surface area (Å²) in [6, 6.07) is 10.2. The van der Waals surface area contributed by atoms with Gasteiger partial charge in [-0.2, -0.15) is 0 Å². The number of benzene rings is 1. The van der Waals surface area contributed by atoms with Crippen LogP contribution in [-0.2, 0) is 0 Å². The molecule has 1 aromatic carbocycles. The van der Waals surface area contributed by atoms with Crippen molar-refractivity contribution in [3.05, 3.63) is 59.2 Å². The third-order valence-electron chi connectivity index (χ3n) is 2.55. The summed E-state index contributed by atoms with van der Waals surface area (Å²) < 4.78 is 0. The minimum absolute atomic E-state index is 0.157. The Morgan fingerprint density at radius 1 is 1.27 bits per heavy atom. The fourth-order valence-corrected chi connectivity index (χ4v) is 2.20. The van der Waals surface area contributed by atoms with Crippen LogP contribution in [0.5, 0.6) is 0 Å². The molecule has 0 heterocycles. The average Bonchev–Trinajstić information content (AvgIpc) is 2.17. The average molecular weight is 220 g/mol. The molecule has 0 spiro atoms. The van der Waals surface area contributed by atoms with Crippen molar-refractivity contribution in [3.63, 3.8) is 0 Å². The maximum absolute atomic E-state index is 6.23. The zero-order valence-electron chi connectivity index (χ0n) is 8.65. The van der Waals surface area contributed by atoms with Gasteiger partial charge in [0.15, 0.2) is 0 Å². The Kier molecular flexibility index (Phi) is 2.68. The first-order valence-corrected chi connectivity index (χ1v) is 5.38. The number of halogens is 1. The molecule has 1 nitrogen and oxygen atoms in total. The van der Waals surface area contributed by atoms with Crippen molar-refractivity contribution in [3.8, 4) is 0 Å². The van der Waals surface area contributed by atoms with E-state index in [4.69, 9.17) is 17.3 Å². The number of hydrogen-bond donors (Lipinski definition) is 1. The van der Waals surface area contributed by atoms with Crippen LogP contribution in [0.25, 0.3) is 0 Å². The fraction of sp³-hybridized carbons (Fsp3) is 0.231. The molecular weight excluding hydrogens is 206 g/mol. The summed E-state index contributed by atoms with van der Waals surface area (Å²) in [7, 11) is 0. The third kappa shape index (κ3) is 2.31. The zero-order valence-corrected chi connectivity index (χ0v) is 9.41. The highest BCUT2D eigenvalue weighted by Gasteiger charge is 2.22. The van der Waals surface area contributed by atoms with E-state index in [9.17, 15) is 0 Å². The quantitative estimate of drug-likeness (QED) is 0.722. The second-order valence-corrected chi connectivity index (χ2v) is 4.58. The SMILES string of the molecule is CC1(N)C=CC(c2ccccc2)C(Cl)=C1. The first-order valence-electron chi connectivity index (χ1n) is 5.00. The number of rotatable bonds is 1. The Morgan fingerprint density at radius 3 is 2.53 bits per heavy atom. The number of nitrogens with two attached hydrogens (primary N) is 1. The molecular formula is C13H14ClN. The topological polar surface area (TPSA) is 26.0 Å². The van der Waals surface area contributed by atoms with Gasteiger partial charge in [0.25, 0.3) is 0 Å². The van der Waals surface area contributed by atoms with Gasteiger partial charge in [-0.05, 0) is 18.6 Å². The van der Waals surface area contributed by atoms with Crippen molar-refractivity contribution < 1.29 is 0 Å². The van der Waals surface area contributed by atoms with Crippen LogP contribution < -0.4 is 5.73 Å². The van der Waals surface area contributed by atoms with Crippen molar-refractivity contribution in [1.82, 2.24) is 0 Å². The zero-order chi connectivity index (χ0) is 10.9. The predicted molar refractivity (Wildman–Crippen MR) is 64.9 cm³/mol. The lowest BCUT2D eigenvalue weighted by Gasteiger charge is -2.25. The lowest BCUT2D eigenvalue weighted by atomic mass is 9.88. The maximum atomic E-state index is 6.23. The van der Waals surface area contributed by atoms with E-state index in [2.05, 4.69) is 18.2 Å². The van der Waals surface area contributed by atoms with Crippen LogP contribution in [0.15, 0.2) is 53.6 Å². The Bertz CT molecular complexity index is 404.